The molecule has 1 saturated carbocycles. The maximum absolute atomic E-state index is 10.2. The van der Waals surface area contributed by atoms with Crippen LogP contribution in [-0.2, 0) is 5.41 Å². The molecule has 3 heteroatoms. The maximum Gasteiger partial charge on any atom is 0.138 e. The normalized spacial score (nSPS) is 19.2. The van der Waals surface area contributed by atoms with Gasteiger partial charge in [0.25, 0.3) is 0 Å². The molecular weight excluding hydrogens is 234 g/mol. The highest BCUT2D eigenvalue weighted by Crippen LogP contribution is 2.45. The van der Waals surface area contributed by atoms with E-state index in [4.69, 9.17) is 17.3 Å². The third-order valence-electron chi connectivity index (χ3n) is 4.08. The highest BCUT2D eigenvalue weighted by molar-refractivity contribution is 6.32. The first-order valence-electron chi connectivity index (χ1n) is 6.29. The van der Waals surface area contributed by atoms with Crippen LogP contribution in [0.15, 0.2) is 12.1 Å². The highest BCUT2D eigenvalue weighted by Gasteiger charge is 2.35. The lowest BCUT2D eigenvalue weighted by Crippen LogP contribution is -2.37. The smallest absolute Gasteiger partial charge is 0.138 e. The van der Waals surface area contributed by atoms with Crippen LogP contribution < -0.4 is 5.73 Å². The summed E-state index contributed by atoms with van der Waals surface area (Å²) in [4.78, 5) is 0. The first kappa shape index (κ1) is 12.7. The van der Waals surface area contributed by atoms with E-state index < -0.39 is 0 Å². The zero-order valence-corrected chi connectivity index (χ0v) is 11.1. The van der Waals surface area contributed by atoms with Crippen LogP contribution in [-0.4, -0.2) is 11.7 Å². The largest absolute Gasteiger partial charge is 0.506 e. The predicted octanol–water partition coefficient (Wildman–Crippen LogP) is 3.51. The molecular formula is C14H20ClNO. The third-order valence-corrected chi connectivity index (χ3v) is 4.56. The molecule has 0 aliphatic heterocycles. The van der Waals surface area contributed by atoms with Crippen LogP contribution >= 0.6 is 11.6 Å². The number of rotatable bonds is 2. The van der Waals surface area contributed by atoms with E-state index in [9.17, 15) is 5.11 Å². The fourth-order valence-electron chi connectivity index (χ4n) is 2.91. The van der Waals surface area contributed by atoms with E-state index in [1.807, 2.05) is 19.1 Å². The molecule has 0 saturated heterocycles. The Bertz CT molecular complexity index is 411. The molecule has 1 fully saturated rings. The maximum atomic E-state index is 10.2. The standard InChI is InChI=1S/C14H20ClNO/c1-10-5-6-11(13(17)12(10)15)14(9-16)7-3-2-4-8-14/h5-6,17H,2-4,7-9,16H2,1H3. The Morgan fingerprint density at radius 3 is 2.53 bits per heavy atom. The molecule has 17 heavy (non-hydrogen) atoms. The van der Waals surface area contributed by atoms with Crippen LogP contribution in [0.2, 0.25) is 5.02 Å². The SMILES string of the molecule is Cc1ccc(C2(CN)CCCCC2)c(O)c1Cl. The topological polar surface area (TPSA) is 46.2 Å². The molecule has 94 valence electrons. The van der Waals surface area contributed by atoms with Crippen LogP contribution in [0.25, 0.3) is 0 Å². The summed E-state index contributed by atoms with van der Waals surface area (Å²) in [6, 6.07) is 3.97. The van der Waals surface area contributed by atoms with Crippen molar-refractivity contribution in [1.82, 2.24) is 0 Å². The number of nitrogens with two attached hydrogens (primary N) is 1. The number of aromatic hydroxyl groups is 1. The van der Waals surface area contributed by atoms with Crippen molar-refractivity contribution < 1.29 is 5.11 Å². The van der Waals surface area contributed by atoms with E-state index in [0.717, 1.165) is 24.0 Å². The number of phenolic OH excluding ortho intramolecular Hbond substituents is 1. The number of phenols is 1. The van der Waals surface area contributed by atoms with Gasteiger partial charge >= 0.3 is 0 Å². The minimum Gasteiger partial charge on any atom is -0.506 e. The lowest BCUT2D eigenvalue weighted by molar-refractivity contribution is 0.291. The zero-order chi connectivity index (χ0) is 12.5. The quantitative estimate of drug-likeness (QED) is 0.847. The number of hydrogen-bond acceptors (Lipinski definition) is 2. The van der Waals surface area contributed by atoms with Crippen LogP contribution in [0.4, 0.5) is 0 Å². The van der Waals surface area contributed by atoms with Crippen molar-refractivity contribution in [2.45, 2.75) is 44.4 Å². The summed E-state index contributed by atoms with van der Waals surface area (Å²) in [5.74, 6) is 0.235. The molecule has 0 amide bonds. The van der Waals surface area contributed by atoms with Crippen LogP contribution in [0.5, 0.6) is 5.75 Å². The second kappa shape index (κ2) is 4.87. The van der Waals surface area contributed by atoms with E-state index in [1.54, 1.807) is 0 Å². The second-order valence-electron chi connectivity index (χ2n) is 5.14. The van der Waals surface area contributed by atoms with Crippen molar-refractivity contribution in [3.8, 4) is 5.75 Å². The summed E-state index contributed by atoms with van der Waals surface area (Å²) in [6.07, 6.45) is 5.74. The Labute approximate surface area is 108 Å². The average molecular weight is 254 g/mol. The van der Waals surface area contributed by atoms with Gasteiger partial charge in [-0.05, 0) is 25.3 Å². The molecule has 1 aromatic rings. The van der Waals surface area contributed by atoms with Gasteiger partial charge in [0.2, 0.25) is 0 Å². The van der Waals surface area contributed by atoms with Crippen molar-refractivity contribution in [1.29, 1.82) is 0 Å². The molecule has 0 heterocycles. The van der Waals surface area contributed by atoms with E-state index in [1.165, 1.54) is 19.3 Å². The molecule has 2 rings (SSSR count). The van der Waals surface area contributed by atoms with Crippen molar-refractivity contribution in [3.05, 3.63) is 28.3 Å². The predicted molar refractivity (Wildman–Crippen MR) is 71.7 cm³/mol. The van der Waals surface area contributed by atoms with Gasteiger partial charge < -0.3 is 10.8 Å². The number of aryl methyl sites for hydroxylation is 1. The van der Waals surface area contributed by atoms with Gasteiger partial charge in [-0.3, -0.25) is 0 Å². The molecule has 1 aromatic carbocycles. The zero-order valence-electron chi connectivity index (χ0n) is 10.3. The van der Waals surface area contributed by atoms with Gasteiger partial charge in [-0.1, -0.05) is 43.0 Å². The Morgan fingerprint density at radius 1 is 1.29 bits per heavy atom. The molecule has 1 aliphatic rings. The average Bonchev–Trinajstić information content (AvgIpc) is 2.37. The lowest BCUT2D eigenvalue weighted by atomic mass is 9.69. The summed E-state index contributed by atoms with van der Waals surface area (Å²) in [5.41, 5.74) is 7.76. The van der Waals surface area contributed by atoms with Crippen LogP contribution in [0, 0.1) is 6.92 Å². The van der Waals surface area contributed by atoms with Gasteiger partial charge in [-0.15, -0.1) is 0 Å². The van der Waals surface area contributed by atoms with E-state index >= 15 is 0 Å². The van der Waals surface area contributed by atoms with E-state index in [2.05, 4.69) is 0 Å². The van der Waals surface area contributed by atoms with Crippen LogP contribution in [0.1, 0.15) is 43.2 Å². The van der Waals surface area contributed by atoms with Crippen molar-refractivity contribution in [3.63, 3.8) is 0 Å². The fraction of sp³-hybridized carbons (Fsp3) is 0.571. The van der Waals surface area contributed by atoms with Gasteiger partial charge in [0.05, 0.1) is 5.02 Å². The van der Waals surface area contributed by atoms with E-state index in [-0.39, 0.29) is 11.2 Å². The fourth-order valence-corrected chi connectivity index (χ4v) is 3.07. The molecule has 3 N–H and O–H groups in total. The van der Waals surface area contributed by atoms with Crippen molar-refractivity contribution in [2.24, 2.45) is 5.73 Å². The first-order chi connectivity index (χ1) is 8.10. The summed E-state index contributed by atoms with van der Waals surface area (Å²) in [5, 5.41) is 10.7. The molecule has 0 unspecified atom stereocenters. The molecule has 0 spiro atoms. The molecule has 1 aliphatic carbocycles. The third kappa shape index (κ3) is 2.16. The molecule has 0 radical (unpaired) electrons. The first-order valence-corrected chi connectivity index (χ1v) is 6.67. The van der Waals surface area contributed by atoms with E-state index in [0.29, 0.717) is 11.6 Å². The minimum absolute atomic E-state index is 0.0698. The Kier molecular flexibility index (Phi) is 3.64. The summed E-state index contributed by atoms with van der Waals surface area (Å²) in [7, 11) is 0. The molecule has 0 aromatic heterocycles. The summed E-state index contributed by atoms with van der Waals surface area (Å²) < 4.78 is 0. The number of hydrogen-bond donors (Lipinski definition) is 2. The molecule has 0 atom stereocenters. The van der Waals surface area contributed by atoms with Gasteiger partial charge in [-0.25, -0.2) is 0 Å². The van der Waals surface area contributed by atoms with Crippen molar-refractivity contribution in [2.75, 3.05) is 6.54 Å². The number of halogens is 1. The van der Waals surface area contributed by atoms with Gasteiger partial charge in [0.1, 0.15) is 5.75 Å². The highest BCUT2D eigenvalue weighted by atomic mass is 35.5. The minimum atomic E-state index is -0.0698. The second-order valence-corrected chi connectivity index (χ2v) is 5.52. The Morgan fingerprint density at radius 2 is 1.94 bits per heavy atom. The monoisotopic (exact) mass is 253 g/mol. The summed E-state index contributed by atoms with van der Waals surface area (Å²) in [6.45, 7) is 2.49. The van der Waals surface area contributed by atoms with Gasteiger partial charge in [0, 0.05) is 17.5 Å². The summed E-state index contributed by atoms with van der Waals surface area (Å²) >= 11 is 6.13. The Hall–Kier alpha value is -0.730. The molecule has 2 nitrogen and oxygen atoms in total. The van der Waals surface area contributed by atoms with Crippen LogP contribution in [0.3, 0.4) is 0 Å². The van der Waals surface area contributed by atoms with Gasteiger partial charge in [-0.2, -0.15) is 0 Å². The lowest BCUT2D eigenvalue weighted by Gasteiger charge is -2.37. The van der Waals surface area contributed by atoms with Gasteiger partial charge in [0.15, 0.2) is 0 Å². The molecule has 0 bridgehead atoms. The Balaban J connectivity index is 2.47. The number of benzene rings is 1. The van der Waals surface area contributed by atoms with Crippen molar-refractivity contribution >= 4 is 11.6 Å².